The van der Waals surface area contributed by atoms with Gasteiger partial charge in [-0.15, -0.1) is 0 Å². The lowest BCUT2D eigenvalue weighted by molar-refractivity contribution is -0.119. The molecule has 0 saturated carbocycles. The first-order valence-corrected chi connectivity index (χ1v) is 5.00. The number of hydrogen-bond acceptors (Lipinski definition) is 4. The molecule has 88 valence electrons. The molecule has 0 saturated heterocycles. The molecule has 1 rings (SSSR count). The van der Waals surface area contributed by atoms with Crippen LogP contribution < -0.4 is 0 Å². The standard InChI is InChI=1S/C11H15NO4/c1-11(2,3)16-10(15)12-5-4-8(7-13)9(14)6-12/h4,7H,5-6H2,1-3H3. The van der Waals surface area contributed by atoms with Crippen molar-refractivity contribution in [3.8, 4) is 0 Å². The maximum absolute atomic E-state index is 11.6. The van der Waals surface area contributed by atoms with E-state index in [0.717, 1.165) is 0 Å². The molecule has 1 amide bonds. The minimum atomic E-state index is -0.589. The molecule has 0 unspecified atom stereocenters. The Morgan fingerprint density at radius 3 is 2.56 bits per heavy atom. The molecule has 1 aliphatic heterocycles. The molecular weight excluding hydrogens is 210 g/mol. The molecule has 0 atom stereocenters. The first kappa shape index (κ1) is 12.4. The van der Waals surface area contributed by atoms with E-state index in [-0.39, 0.29) is 24.4 Å². The van der Waals surface area contributed by atoms with Crippen molar-refractivity contribution in [2.24, 2.45) is 0 Å². The van der Waals surface area contributed by atoms with E-state index in [1.165, 1.54) is 11.0 Å². The summed E-state index contributed by atoms with van der Waals surface area (Å²) in [5.41, 5.74) is -0.464. The highest BCUT2D eigenvalue weighted by molar-refractivity contribution is 6.13. The lowest BCUT2D eigenvalue weighted by atomic mass is 10.1. The number of amides is 1. The van der Waals surface area contributed by atoms with Crippen molar-refractivity contribution in [2.75, 3.05) is 13.1 Å². The van der Waals surface area contributed by atoms with E-state index in [2.05, 4.69) is 0 Å². The van der Waals surface area contributed by atoms with E-state index >= 15 is 0 Å². The third kappa shape index (κ3) is 3.18. The number of ether oxygens (including phenoxy) is 1. The zero-order valence-corrected chi connectivity index (χ0v) is 9.65. The first-order chi connectivity index (χ1) is 7.33. The molecule has 0 aromatic carbocycles. The molecule has 5 nitrogen and oxygen atoms in total. The van der Waals surface area contributed by atoms with Crippen molar-refractivity contribution < 1.29 is 19.1 Å². The van der Waals surface area contributed by atoms with E-state index in [0.29, 0.717) is 6.29 Å². The van der Waals surface area contributed by atoms with Gasteiger partial charge >= 0.3 is 6.09 Å². The third-order valence-corrected chi connectivity index (χ3v) is 1.97. The summed E-state index contributed by atoms with van der Waals surface area (Å²) in [4.78, 5) is 34.7. The number of aldehydes is 1. The van der Waals surface area contributed by atoms with Crippen LogP contribution in [-0.2, 0) is 14.3 Å². The van der Waals surface area contributed by atoms with Crippen LogP contribution in [0.5, 0.6) is 0 Å². The van der Waals surface area contributed by atoms with Gasteiger partial charge in [0.15, 0.2) is 12.1 Å². The fourth-order valence-corrected chi connectivity index (χ4v) is 1.23. The van der Waals surface area contributed by atoms with Crippen LogP contribution in [0.4, 0.5) is 4.79 Å². The number of carbonyl (C=O) groups excluding carboxylic acids is 3. The summed E-state index contributed by atoms with van der Waals surface area (Å²) in [5, 5.41) is 0. The van der Waals surface area contributed by atoms with Crippen LogP contribution >= 0.6 is 0 Å². The van der Waals surface area contributed by atoms with Crippen molar-refractivity contribution in [2.45, 2.75) is 26.4 Å². The van der Waals surface area contributed by atoms with Gasteiger partial charge < -0.3 is 4.74 Å². The van der Waals surface area contributed by atoms with Crippen molar-refractivity contribution in [3.63, 3.8) is 0 Å². The van der Waals surface area contributed by atoms with Crippen molar-refractivity contribution in [1.82, 2.24) is 4.90 Å². The number of hydrogen-bond donors (Lipinski definition) is 0. The van der Waals surface area contributed by atoms with E-state index in [9.17, 15) is 14.4 Å². The highest BCUT2D eigenvalue weighted by Gasteiger charge is 2.27. The minimum absolute atomic E-state index is 0.0977. The second-order valence-electron chi connectivity index (χ2n) is 4.56. The van der Waals surface area contributed by atoms with Gasteiger partial charge in [-0.25, -0.2) is 4.79 Å². The Labute approximate surface area is 94.1 Å². The molecule has 0 fully saturated rings. The summed E-state index contributed by atoms with van der Waals surface area (Å²) in [7, 11) is 0. The lowest BCUT2D eigenvalue weighted by Crippen LogP contribution is -2.42. The average molecular weight is 225 g/mol. The van der Waals surface area contributed by atoms with E-state index in [4.69, 9.17) is 4.74 Å². The summed E-state index contributed by atoms with van der Waals surface area (Å²) in [6, 6.07) is 0. The fraction of sp³-hybridized carbons (Fsp3) is 0.545. The predicted molar refractivity (Wildman–Crippen MR) is 57.0 cm³/mol. The van der Waals surface area contributed by atoms with Gasteiger partial charge in [0, 0.05) is 6.54 Å². The third-order valence-electron chi connectivity index (χ3n) is 1.97. The molecule has 16 heavy (non-hydrogen) atoms. The molecule has 0 aliphatic carbocycles. The van der Waals surface area contributed by atoms with Crippen LogP contribution in [0.25, 0.3) is 0 Å². The van der Waals surface area contributed by atoms with Gasteiger partial charge in [-0.05, 0) is 20.8 Å². The van der Waals surface area contributed by atoms with Crippen LogP contribution in [0.3, 0.4) is 0 Å². The number of nitrogens with zero attached hydrogens (tertiary/aromatic N) is 1. The first-order valence-electron chi connectivity index (χ1n) is 5.00. The Morgan fingerprint density at radius 1 is 1.50 bits per heavy atom. The quantitative estimate of drug-likeness (QED) is 0.492. The van der Waals surface area contributed by atoms with Crippen LogP contribution in [0.1, 0.15) is 20.8 Å². The Balaban J connectivity index is 2.66. The van der Waals surface area contributed by atoms with Crippen molar-refractivity contribution in [1.29, 1.82) is 0 Å². The summed E-state index contributed by atoms with van der Waals surface area (Å²) in [5.74, 6) is -0.355. The van der Waals surface area contributed by atoms with Crippen LogP contribution in [0.2, 0.25) is 0 Å². The van der Waals surface area contributed by atoms with E-state index < -0.39 is 11.7 Å². The molecule has 0 aromatic heterocycles. The molecule has 1 aliphatic rings. The SMILES string of the molecule is CC(C)(C)OC(=O)N1CC=C(C=O)C(=O)C1. The van der Waals surface area contributed by atoms with Gasteiger partial charge in [0.05, 0.1) is 12.1 Å². The summed E-state index contributed by atoms with van der Waals surface area (Å²) >= 11 is 0. The molecule has 1 heterocycles. The van der Waals surface area contributed by atoms with E-state index in [1.807, 2.05) is 0 Å². The monoisotopic (exact) mass is 225 g/mol. The highest BCUT2D eigenvalue weighted by atomic mass is 16.6. The maximum atomic E-state index is 11.6. The van der Waals surface area contributed by atoms with Gasteiger partial charge in [-0.2, -0.15) is 0 Å². The highest BCUT2D eigenvalue weighted by Crippen LogP contribution is 2.12. The topological polar surface area (TPSA) is 63.7 Å². The van der Waals surface area contributed by atoms with Crippen molar-refractivity contribution in [3.05, 3.63) is 11.6 Å². The number of carbonyl (C=O) groups is 3. The molecular formula is C11H15NO4. The largest absolute Gasteiger partial charge is 0.444 e. The molecule has 0 bridgehead atoms. The van der Waals surface area contributed by atoms with Crippen LogP contribution in [0, 0.1) is 0 Å². The molecule has 0 N–H and O–H groups in total. The second-order valence-corrected chi connectivity index (χ2v) is 4.56. The zero-order chi connectivity index (χ0) is 12.3. The van der Waals surface area contributed by atoms with Gasteiger partial charge in [0.1, 0.15) is 5.60 Å². The zero-order valence-electron chi connectivity index (χ0n) is 9.65. The molecule has 0 spiro atoms. The smallest absolute Gasteiger partial charge is 0.410 e. The van der Waals surface area contributed by atoms with Gasteiger partial charge in [0.25, 0.3) is 0 Å². The summed E-state index contributed by atoms with van der Waals surface area (Å²) < 4.78 is 5.11. The Kier molecular flexibility index (Phi) is 3.47. The molecule has 0 aromatic rings. The molecule has 5 heteroatoms. The normalized spacial score (nSPS) is 16.8. The van der Waals surface area contributed by atoms with Crippen molar-refractivity contribution >= 4 is 18.2 Å². The molecule has 0 radical (unpaired) electrons. The average Bonchev–Trinajstić information content (AvgIpc) is 2.15. The Morgan fingerprint density at radius 2 is 2.12 bits per heavy atom. The number of ketones is 1. The fourth-order valence-electron chi connectivity index (χ4n) is 1.23. The van der Waals surface area contributed by atoms with Crippen LogP contribution in [-0.4, -0.2) is 41.8 Å². The number of rotatable bonds is 1. The van der Waals surface area contributed by atoms with Crippen LogP contribution in [0.15, 0.2) is 11.6 Å². The maximum Gasteiger partial charge on any atom is 0.410 e. The summed E-state index contributed by atoms with van der Waals surface area (Å²) in [6.07, 6.45) is 1.40. The van der Waals surface area contributed by atoms with Gasteiger partial charge in [-0.1, -0.05) is 6.08 Å². The Hall–Kier alpha value is -1.65. The summed E-state index contributed by atoms with van der Waals surface area (Å²) in [6.45, 7) is 5.39. The predicted octanol–water partition coefficient (Wildman–Crippen LogP) is 0.931. The lowest BCUT2D eigenvalue weighted by Gasteiger charge is -2.28. The second kappa shape index (κ2) is 4.47. The van der Waals surface area contributed by atoms with E-state index in [1.54, 1.807) is 20.8 Å². The van der Waals surface area contributed by atoms with Gasteiger partial charge in [-0.3, -0.25) is 14.5 Å². The Bertz CT molecular complexity index is 351. The van der Waals surface area contributed by atoms with Gasteiger partial charge in [0.2, 0.25) is 0 Å². The minimum Gasteiger partial charge on any atom is -0.444 e. The number of Topliss-reactive ketones (excluding diaryl/α,β-unsaturated/α-hetero) is 1.